The number of rotatable bonds is 6. The van der Waals surface area contributed by atoms with E-state index in [4.69, 9.17) is 28.2 Å². The van der Waals surface area contributed by atoms with E-state index in [2.05, 4.69) is 0 Å². The maximum atomic E-state index is 12.2. The van der Waals surface area contributed by atoms with Crippen molar-refractivity contribution >= 4 is 40.7 Å². The van der Waals surface area contributed by atoms with Crippen LogP contribution in [-0.4, -0.2) is 62.2 Å². The lowest BCUT2D eigenvalue weighted by Gasteiger charge is -2.18. The molecule has 1 saturated heterocycles. The number of nitrogens with zero attached hydrogens (tertiary/aromatic N) is 1. The topological polar surface area (TPSA) is 138 Å². The van der Waals surface area contributed by atoms with E-state index in [0.29, 0.717) is 29.0 Å². The molecule has 8 nitrogen and oxygen atoms in total. The van der Waals surface area contributed by atoms with Gasteiger partial charge in [-0.25, -0.2) is 4.79 Å². The number of carbonyl (C=O) groups is 4. The standard InChI is InChI=1S/C16H15NO3.C7H9NO3S/c17-14(16(19)20)10-11-6-8-13(9-7-11)15(18)12-4-2-1-3-5-12;1-4(9)8-3-5(12)2-6(8)7(10)11/h1-9,14H,10,17H2,(H,19,20);6H,2-3H2,1H3,(H,10,11)/t14-;6-/m00/s1. The Bertz CT molecular complexity index is 983. The van der Waals surface area contributed by atoms with Crippen molar-refractivity contribution in [2.75, 3.05) is 6.54 Å². The third-order valence-electron chi connectivity index (χ3n) is 4.86. The zero-order valence-corrected chi connectivity index (χ0v) is 18.2. The maximum Gasteiger partial charge on any atom is 0.326 e. The number of aliphatic carboxylic acids is 2. The molecule has 0 spiro atoms. The van der Waals surface area contributed by atoms with Crippen LogP contribution in [0.4, 0.5) is 0 Å². The molecule has 9 heteroatoms. The van der Waals surface area contributed by atoms with Gasteiger partial charge in [-0.1, -0.05) is 66.8 Å². The highest BCUT2D eigenvalue weighted by atomic mass is 32.1. The van der Waals surface area contributed by atoms with Crippen LogP contribution in [0.5, 0.6) is 0 Å². The van der Waals surface area contributed by atoms with Crippen LogP contribution in [0.25, 0.3) is 0 Å². The lowest BCUT2D eigenvalue weighted by molar-refractivity contribution is -0.147. The summed E-state index contributed by atoms with van der Waals surface area (Å²) in [6, 6.07) is 14.2. The first-order valence-corrected chi connectivity index (χ1v) is 10.2. The van der Waals surface area contributed by atoms with E-state index in [1.807, 2.05) is 18.2 Å². The molecule has 0 aromatic heterocycles. The first-order chi connectivity index (χ1) is 15.1. The van der Waals surface area contributed by atoms with Crippen LogP contribution in [0.1, 0.15) is 34.8 Å². The van der Waals surface area contributed by atoms with E-state index < -0.39 is 24.0 Å². The highest BCUT2D eigenvalue weighted by Crippen LogP contribution is 2.16. The number of amides is 1. The fraction of sp³-hybridized carbons (Fsp3) is 0.261. The summed E-state index contributed by atoms with van der Waals surface area (Å²) in [6.07, 6.45) is 0.555. The second kappa shape index (κ2) is 11.3. The van der Waals surface area contributed by atoms with Crippen LogP contribution in [0.2, 0.25) is 0 Å². The number of carboxylic acids is 2. The predicted molar refractivity (Wildman–Crippen MR) is 122 cm³/mol. The quantitative estimate of drug-likeness (QED) is 0.443. The Kier molecular flexibility index (Phi) is 8.74. The number of carbonyl (C=O) groups excluding carboxylic acids is 2. The van der Waals surface area contributed by atoms with Gasteiger partial charge in [-0.3, -0.25) is 14.4 Å². The summed E-state index contributed by atoms with van der Waals surface area (Å²) in [5.41, 5.74) is 7.47. The van der Waals surface area contributed by atoms with Crippen molar-refractivity contribution in [2.45, 2.75) is 31.8 Å². The number of hydrogen-bond donors (Lipinski definition) is 3. The molecule has 0 radical (unpaired) electrons. The Morgan fingerprint density at radius 1 is 1.03 bits per heavy atom. The number of benzene rings is 2. The minimum Gasteiger partial charge on any atom is -0.480 e. The molecule has 1 heterocycles. The third-order valence-corrected chi connectivity index (χ3v) is 5.15. The van der Waals surface area contributed by atoms with Crippen LogP contribution in [0.3, 0.4) is 0 Å². The van der Waals surface area contributed by atoms with Gasteiger partial charge in [-0.2, -0.15) is 0 Å². The van der Waals surface area contributed by atoms with Gasteiger partial charge in [0.1, 0.15) is 12.1 Å². The van der Waals surface area contributed by atoms with E-state index in [-0.39, 0.29) is 18.1 Å². The molecule has 0 aliphatic carbocycles. The van der Waals surface area contributed by atoms with Crippen LogP contribution in [-0.2, 0) is 20.8 Å². The zero-order chi connectivity index (χ0) is 23.8. The number of likely N-dealkylation sites (tertiary alicyclic amines) is 1. The van der Waals surface area contributed by atoms with Gasteiger partial charge in [0.25, 0.3) is 0 Å². The molecular formula is C23H24N2O6S. The van der Waals surface area contributed by atoms with Crippen LogP contribution in [0.15, 0.2) is 54.6 Å². The minimum absolute atomic E-state index is 0.0558. The normalized spacial score (nSPS) is 16.0. The maximum absolute atomic E-state index is 12.2. The summed E-state index contributed by atoms with van der Waals surface area (Å²) in [5.74, 6) is -2.30. The molecule has 1 aliphatic rings. The van der Waals surface area contributed by atoms with Gasteiger partial charge < -0.3 is 20.8 Å². The average Bonchev–Trinajstić information content (AvgIpc) is 3.17. The molecule has 1 amide bonds. The fourth-order valence-corrected chi connectivity index (χ4v) is 3.43. The number of nitrogens with two attached hydrogens (primary N) is 1. The van der Waals surface area contributed by atoms with Crippen molar-refractivity contribution in [3.05, 3.63) is 71.3 Å². The molecule has 2 aromatic rings. The summed E-state index contributed by atoms with van der Waals surface area (Å²) in [7, 11) is 0. The molecule has 2 aromatic carbocycles. The second-order valence-corrected chi connectivity index (χ2v) is 7.86. The second-order valence-electron chi connectivity index (χ2n) is 7.28. The van der Waals surface area contributed by atoms with Crippen LogP contribution in [0, 0.1) is 0 Å². The monoisotopic (exact) mass is 456 g/mol. The average molecular weight is 457 g/mol. The minimum atomic E-state index is -1.03. The SMILES string of the molecule is CC(=O)N1CC(=S)C[C@H]1C(=O)O.N[C@@H](Cc1ccc(C(=O)c2ccccc2)cc1)C(=O)O. The summed E-state index contributed by atoms with van der Waals surface area (Å²) in [6.45, 7) is 1.66. The van der Waals surface area contributed by atoms with Gasteiger partial charge in [0.15, 0.2) is 5.78 Å². The van der Waals surface area contributed by atoms with Gasteiger partial charge in [0.2, 0.25) is 5.91 Å². The molecule has 32 heavy (non-hydrogen) atoms. The first kappa shape index (κ1) is 24.8. The van der Waals surface area contributed by atoms with Crippen molar-refractivity contribution in [2.24, 2.45) is 5.73 Å². The van der Waals surface area contributed by atoms with Gasteiger partial charge in [0.05, 0.1) is 6.54 Å². The van der Waals surface area contributed by atoms with Crippen molar-refractivity contribution in [3.63, 3.8) is 0 Å². The first-order valence-electron chi connectivity index (χ1n) is 9.79. The number of ketones is 1. The van der Waals surface area contributed by atoms with Crippen molar-refractivity contribution < 1.29 is 29.4 Å². The van der Waals surface area contributed by atoms with Gasteiger partial charge >= 0.3 is 11.9 Å². The molecule has 168 valence electrons. The summed E-state index contributed by atoms with van der Waals surface area (Å²) >= 11 is 4.85. The Morgan fingerprint density at radius 2 is 1.59 bits per heavy atom. The summed E-state index contributed by atoms with van der Waals surface area (Å²) in [5, 5.41) is 17.5. The molecule has 3 rings (SSSR count). The molecule has 0 unspecified atom stereocenters. The van der Waals surface area contributed by atoms with E-state index >= 15 is 0 Å². The Balaban J connectivity index is 0.000000258. The molecule has 2 atom stereocenters. The Labute approximate surface area is 190 Å². The van der Waals surface area contributed by atoms with E-state index in [0.717, 1.165) is 5.56 Å². The van der Waals surface area contributed by atoms with Crippen molar-refractivity contribution in [1.29, 1.82) is 0 Å². The molecule has 0 saturated carbocycles. The van der Waals surface area contributed by atoms with Crippen LogP contribution >= 0.6 is 12.2 Å². The third kappa shape index (κ3) is 6.79. The smallest absolute Gasteiger partial charge is 0.326 e. The largest absolute Gasteiger partial charge is 0.480 e. The summed E-state index contributed by atoms with van der Waals surface area (Å²) in [4.78, 5) is 46.3. The molecule has 0 bridgehead atoms. The number of hydrogen-bond acceptors (Lipinski definition) is 6. The molecule has 1 aliphatic heterocycles. The van der Waals surface area contributed by atoms with E-state index in [9.17, 15) is 19.2 Å². The highest BCUT2D eigenvalue weighted by Gasteiger charge is 2.34. The Morgan fingerprint density at radius 3 is 2.06 bits per heavy atom. The zero-order valence-electron chi connectivity index (χ0n) is 17.4. The number of thiocarbonyl (C=S) groups is 1. The van der Waals surface area contributed by atoms with E-state index in [1.54, 1.807) is 36.4 Å². The van der Waals surface area contributed by atoms with Gasteiger partial charge in [0, 0.05) is 29.3 Å². The van der Waals surface area contributed by atoms with Crippen molar-refractivity contribution in [1.82, 2.24) is 4.90 Å². The van der Waals surface area contributed by atoms with Gasteiger partial charge in [-0.05, 0) is 12.0 Å². The molecular weight excluding hydrogens is 432 g/mol. The summed E-state index contributed by atoms with van der Waals surface area (Å²) < 4.78 is 0. The van der Waals surface area contributed by atoms with Crippen LogP contribution < -0.4 is 5.73 Å². The lowest BCUT2D eigenvalue weighted by atomic mass is 10.00. The fourth-order valence-electron chi connectivity index (χ4n) is 3.13. The molecule has 4 N–H and O–H groups in total. The van der Waals surface area contributed by atoms with Gasteiger partial charge in [-0.15, -0.1) is 0 Å². The predicted octanol–water partition coefficient (Wildman–Crippen LogP) is 1.93. The lowest BCUT2D eigenvalue weighted by Crippen LogP contribution is -2.39. The highest BCUT2D eigenvalue weighted by molar-refractivity contribution is 7.80. The number of carboxylic acid groups (broad SMARTS) is 2. The molecule has 1 fully saturated rings. The Hall–Kier alpha value is -3.43. The van der Waals surface area contributed by atoms with E-state index in [1.165, 1.54) is 11.8 Å². The van der Waals surface area contributed by atoms with Crippen molar-refractivity contribution in [3.8, 4) is 0 Å².